The minimum atomic E-state index is -0.849. The van der Waals surface area contributed by atoms with Gasteiger partial charge in [0.15, 0.2) is 0 Å². The van der Waals surface area contributed by atoms with Crippen LogP contribution in [0.5, 0.6) is 0 Å². The number of halogens is 2. The zero-order chi connectivity index (χ0) is 17.0. The van der Waals surface area contributed by atoms with E-state index in [2.05, 4.69) is 10.6 Å². The quantitative estimate of drug-likeness (QED) is 0.910. The molecule has 2 N–H and O–H groups in total. The van der Waals surface area contributed by atoms with Gasteiger partial charge in [-0.3, -0.25) is 9.59 Å². The van der Waals surface area contributed by atoms with Crippen molar-refractivity contribution in [2.45, 2.75) is 13.8 Å². The van der Waals surface area contributed by atoms with Gasteiger partial charge in [0.1, 0.15) is 11.6 Å². The van der Waals surface area contributed by atoms with E-state index in [0.29, 0.717) is 5.69 Å². The van der Waals surface area contributed by atoms with E-state index < -0.39 is 29.0 Å². The van der Waals surface area contributed by atoms with Crippen LogP contribution in [-0.2, 0) is 4.79 Å². The maximum absolute atomic E-state index is 13.5. The van der Waals surface area contributed by atoms with E-state index in [1.54, 1.807) is 12.1 Å². The monoisotopic (exact) mass is 318 g/mol. The van der Waals surface area contributed by atoms with E-state index in [-0.39, 0.29) is 6.54 Å². The van der Waals surface area contributed by atoms with Gasteiger partial charge in [-0.2, -0.15) is 0 Å². The maximum atomic E-state index is 13.5. The van der Waals surface area contributed by atoms with Gasteiger partial charge in [-0.25, -0.2) is 8.78 Å². The number of carbonyl (C=O) groups excluding carboxylic acids is 2. The third-order valence-corrected chi connectivity index (χ3v) is 3.46. The molecule has 2 aromatic carbocycles. The number of nitrogens with one attached hydrogen (secondary N) is 2. The van der Waals surface area contributed by atoms with Gasteiger partial charge >= 0.3 is 0 Å². The van der Waals surface area contributed by atoms with Crippen molar-refractivity contribution < 1.29 is 18.4 Å². The lowest BCUT2D eigenvalue weighted by Gasteiger charge is -2.11. The Hall–Kier alpha value is -2.76. The Balaban J connectivity index is 1.98. The summed E-state index contributed by atoms with van der Waals surface area (Å²) in [6, 6.07) is 8.03. The average Bonchev–Trinajstić information content (AvgIpc) is 2.52. The number of anilines is 1. The number of hydrogen-bond donors (Lipinski definition) is 2. The number of rotatable bonds is 4. The highest BCUT2D eigenvalue weighted by atomic mass is 19.1. The van der Waals surface area contributed by atoms with Crippen LogP contribution < -0.4 is 10.6 Å². The van der Waals surface area contributed by atoms with Crippen molar-refractivity contribution in [2.75, 3.05) is 11.9 Å². The molecule has 2 rings (SSSR count). The van der Waals surface area contributed by atoms with Gasteiger partial charge in [-0.05, 0) is 49.2 Å². The molecule has 0 aliphatic carbocycles. The first-order chi connectivity index (χ1) is 10.9. The molecule has 0 aliphatic heterocycles. The Bertz CT molecular complexity index is 760. The van der Waals surface area contributed by atoms with Crippen LogP contribution in [0.3, 0.4) is 0 Å². The molecule has 6 heteroatoms. The predicted octanol–water partition coefficient (Wildman–Crippen LogP) is 2.95. The van der Waals surface area contributed by atoms with Crippen LogP contribution in [0, 0.1) is 25.5 Å². The molecule has 0 radical (unpaired) electrons. The summed E-state index contributed by atoms with van der Waals surface area (Å²) in [4.78, 5) is 23.7. The Labute approximate surface area is 132 Å². The molecule has 0 fully saturated rings. The van der Waals surface area contributed by atoms with Gasteiger partial charge in [-0.1, -0.05) is 12.1 Å². The molecule has 2 amide bonds. The molecule has 4 nitrogen and oxygen atoms in total. The van der Waals surface area contributed by atoms with E-state index in [4.69, 9.17) is 0 Å². The number of amides is 2. The summed E-state index contributed by atoms with van der Waals surface area (Å²) < 4.78 is 26.5. The highest BCUT2D eigenvalue weighted by molar-refractivity contribution is 5.99. The highest BCUT2D eigenvalue weighted by Gasteiger charge is 2.14. The summed E-state index contributed by atoms with van der Waals surface area (Å²) in [7, 11) is 0. The third-order valence-electron chi connectivity index (χ3n) is 3.46. The second-order valence-corrected chi connectivity index (χ2v) is 5.10. The lowest BCUT2D eigenvalue weighted by Crippen LogP contribution is -2.33. The molecule has 23 heavy (non-hydrogen) atoms. The molecule has 0 heterocycles. The smallest absolute Gasteiger partial charge is 0.254 e. The molecular formula is C17H16F2N2O2. The summed E-state index contributed by atoms with van der Waals surface area (Å²) in [5.74, 6) is -2.88. The van der Waals surface area contributed by atoms with E-state index in [1.165, 1.54) is 0 Å². The topological polar surface area (TPSA) is 58.2 Å². The Kier molecular flexibility index (Phi) is 5.05. The Morgan fingerprint density at radius 2 is 1.83 bits per heavy atom. The number of carbonyl (C=O) groups is 2. The Morgan fingerprint density at radius 3 is 2.57 bits per heavy atom. The molecule has 0 atom stereocenters. The van der Waals surface area contributed by atoms with E-state index in [1.807, 2.05) is 19.9 Å². The fraction of sp³-hybridized carbons (Fsp3) is 0.176. The van der Waals surface area contributed by atoms with Crippen LogP contribution in [0.1, 0.15) is 21.5 Å². The van der Waals surface area contributed by atoms with Gasteiger partial charge in [0.05, 0.1) is 12.1 Å². The van der Waals surface area contributed by atoms with Crippen LogP contribution in [0.4, 0.5) is 14.5 Å². The Morgan fingerprint density at radius 1 is 1.09 bits per heavy atom. The average molecular weight is 318 g/mol. The summed E-state index contributed by atoms with van der Waals surface area (Å²) in [5, 5.41) is 4.93. The number of benzene rings is 2. The fourth-order valence-corrected chi connectivity index (χ4v) is 2.01. The molecule has 0 aliphatic rings. The van der Waals surface area contributed by atoms with E-state index in [0.717, 1.165) is 29.3 Å². The van der Waals surface area contributed by atoms with Gasteiger partial charge in [0.2, 0.25) is 5.91 Å². The minimum absolute atomic E-state index is 0.345. The van der Waals surface area contributed by atoms with Crippen molar-refractivity contribution in [3.63, 3.8) is 0 Å². The predicted molar refractivity (Wildman–Crippen MR) is 83.2 cm³/mol. The number of aryl methyl sites for hydroxylation is 1. The zero-order valence-corrected chi connectivity index (χ0v) is 12.7. The lowest BCUT2D eigenvalue weighted by molar-refractivity contribution is -0.115. The maximum Gasteiger partial charge on any atom is 0.254 e. The van der Waals surface area contributed by atoms with E-state index in [9.17, 15) is 18.4 Å². The number of hydrogen-bond acceptors (Lipinski definition) is 2. The molecular weight excluding hydrogens is 302 g/mol. The largest absolute Gasteiger partial charge is 0.343 e. The van der Waals surface area contributed by atoms with Gasteiger partial charge in [0.25, 0.3) is 5.91 Å². The molecule has 0 saturated carbocycles. The third kappa shape index (κ3) is 4.12. The van der Waals surface area contributed by atoms with Crippen molar-refractivity contribution in [3.05, 3.63) is 64.7 Å². The minimum Gasteiger partial charge on any atom is -0.343 e. The van der Waals surface area contributed by atoms with Crippen molar-refractivity contribution in [2.24, 2.45) is 0 Å². The molecule has 0 aromatic heterocycles. The van der Waals surface area contributed by atoms with Crippen LogP contribution in [-0.4, -0.2) is 18.4 Å². The van der Waals surface area contributed by atoms with Crippen LogP contribution >= 0.6 is 0 Å². The molecule has 120 valence electrons. The van der Waals surface area contributed by atoms with Gasteiger partial charge in [-0.15, -0.1) is 0 Å². The normalized spacial score (nSPS) is 10.3. The second kappa shape index (κ2) is 7.00. The molecule has 0 unspecified atom stereocenters. The van der Waals surface area contributed by atoms with Crippen LogP contribution in [0.25, 0.3) is 0 Å². The summed E-state index contributed by atoms with van der Waals surface area (Å²) in [6.07, 6.45) is 0. The molecule has 0 saturated heterocycles. The highest BCUT2D eigenvalue weighted by Crippen LogP contribution is 2.17. The summed E-state index contributed by atoms with van der Waals surface area (Å²) in [5.41, 5.74) is 2.14. The zero-order valence-electron chi connectivity index (χ0n) is 12.7. The lowest BCUT2D eigenvalue weighted by atomic mass is 10.1. The molecule has 0 spiro atoms. The van der Waals surface area contributed by atoms with Crippen molar-refractivity contribution in [3.8, 4) is 0 Å². The van der Waals surface area contributed by atoms with Crippen molar-refractivity contribution in [1.29, 1.82) is 0 Å². The fourth-order valence-electron chi connectivity index (χ4n) is 2.01. The first kappa shape index (κ1) is 16.6. The molecule has 0 bridgehead atoms. The second-order valence-electron chi connectivity index (χ2n) is 5.10. The molecule has 2 aromatic rings. The standard InChI is InChI=1S/C17H16F2N2O2/c1-10-4-3-5-15(11(10)2)21-16(22)9-20-17(23)13-8-12(18)6-7-14(13)19/h3-8H,9H2,1-2H3,(H,20,23)(H,21,22). The van der Waals surface area contributed by atoms with Crippen LogP contribution in [0.15, 0.2) is 36.4 Å². The van der Waals surface area contributed by atoms with Gasteiger partial charge < -0.3 is 10.6 Å². The van der Waals surface area contributed by atoms with Gasteiger partial charge in [0, 0.05) is 5.69 Å². The first-order valence-corrected chi connectivity index (χ1v) is 6.98. The van der Waals surface area contributed by atoms with Crippen LogP contribution in [0.2, 0.25) is 0 Å². The van der Waals surface area contributed by atoms with Crippen molar-refractivity contribution >= 4 is 17.5 Å². The van der Waals surface area contributed by atoms with E-state index >= 15 is 0 Å². The first-order valence-electron chi connectivity index (χ1n) is 6.98. The SMILES string of the molecule is Cc1cccc(NC(=O)CNC(=O)c2cc(F)ccc2F)c1C. The van der Waals surface area contributed by atoms with Crippen molar-refractivity contribution in [1.82, 2.24) is 5.32 Å². The summed E-state index contributed by atoms with van der Waals surface area (Å²) >= 11 is 0. The summed E-state index contributed by atoms with van der Waals surface area (Å²) in [6.45, 7) is 3.44.